The summed E-state index contributed by atoms with van der Waals surface area (Å²) in [5.41, 5.74) is 1.32. The molecule has 0 unspecified atom stereocenters. The number of carbonyl (C=O) groups is 2. The summed E-state index contributed by atoms with van der Waals surface area (Å²) in [6.07, 6.45) is 4.32. The van der Waals surface area contributed by atoms with Crippen LogP contribution in [-0.4, -0.2) is 55.1 Å². The van der Waals surface area contributed by atoms with Gasteiger partial charge in [-0.05, 0) is 49.2 Å². The van der Waals surface area contributed by atoms with Gasteiger partial charge >= 0.3 is 0 Å². The van der Waals surface area contributed by atoms with E-state index in [4.69, 9.17) is 16.1 Å². The van der Waals surface area contributed by atoms with Gasteiger partial charge in [0.05, 0.1) is 28.5 Å². The Bertz CT molecular complexity index is 1480. The molecule has 4 aromatic rings. The summed E-state index contributed by atoms with van der Waals surface area (Å²) in [6.45, 7) is 4.63. The molecule has 1 saturated heterocycles. The molecule has 10 nitrogen and oxygen atoms in total. The number of likely N-dealkylation sites (tertiary alicyclic amines) is 1. The highest BCUT2D eigenvalue weighted by Gasteiger charge is 2.28. The van der Waals surface area contributed by atoms with E-state index < -0.39 is 11.7 Å². The number of aromatic nitrogens is 5. The minimum absolute atomic E-state index is 0.0323. The van der Waals surface area contributed by atoms with Crippen molar-refractivity contribution >= 4 is 29.1 Å². The Morgan fingerprint density at radius 1 is 1.27 bits per heavy atom. The molecule has 0 saturated carbocycles. The minimum Gasteiger partial charge on any atom is -0.339 e. The van der Waals surface area contributed by atoms with Crippen molar-refractivity contribution in [3.05, 3.63) is 77.7 Å². The second-order valence-corrected chi connectivity index (χ2v) is 8.84. The van der Waals surface area contributed by atoms with Crippen LogP contribution >= 0.6 is 11.6 Å². The molecule has 2 N–H and O–H groups in total. The average Bonchev–Trinajstić information content (AvgIpc) is 3.59. The zero-order chi connectivity index (χ0) is 25.9. The highest BCUT2D eigenvalue weighted by molar-refractivity contribution is 6.32. The Balaban J connectivity index is 1.29. The number of hydrogen-bond donors (Lipinski definition) is 2. The van der Waals surface area contributed by atoms with Crippen LogP contribution in [0, 0.1) is 5.82 Å². The van der Waals surface area contributed by atoms with Crippen LogP contribution in [0.4, 0.5) is 10.1 Å². The molecule has 12 heteroatoms. The number of anilines is 1. The molecule has 5 rings (SSSR count). The van der Waals surface area contributed by atoms with Gasteiger partial charge in [-0.3, -0.25) is 14.7 Å². The molecule has 188 valence electrons. The number of piperidine rings is 1. The van der Waals surface area contributed by atoms with Crippen LogP contribution < -0.4 is 5.32 Å². The monoisotopic (exact) mass is 521 g/mol. The molecule has 0 bridgehead atoms. The third-order valence-electron chi connectivity index (χ3n) is 6.01. The summed E-state index contributed by atoms with van der Waals surface area (Å²) >= 11 is 6.07. The SMILES string of the molecule is C=CC(=O)N1CCC[C@H](c2nc(-c3ccc(NC(=O)c4cccc(-c5[nH]ncc5Cl)n4)c(F)c3)no2)C1. The van der Waals surface area contributed by atoms with Crippen LogP contribution in [-0.2, 0) is 4.79 Å². The fraction of sp³-hybridized carbons (Fsp3) is 0.200. The van der Waals surface area contributed by atoms with E-state index in [1.165, 1.54) is 30.5 Å². The summed E-state index contributed by atoms with van der Waals surface area (Å²) in [5.74, 6) is -0.923. The normalized spacial score (nSPS) is 15.4. The number of rotatable bonds is 6. The molecule has 1 aliphatic heterocycles. The van der Waals surface area contributed by atoms with Gasteiger partial charge in [0.25, 0.3) is 5.91 Å². The van der Waals surface area contributed by atoms with Gasteiger partial charge < -0.3 is 14.7 Å². The van der Waals surface area contributed by atoms with Crippen LogP contribution in [0.15, 0.2) is 59.8 Å². The Kier molecular flexibility index (Phi) is 6.78. The number of pyridine rings is 1. The maximum Gasteiger partial charge on any atom is 0.274 e. The molecule has 2 amide bonds. The van der Waals surface area contributed by atoms with Crippen molar-refractivity contribution in [3.63, 3.8) is 0 Å². The number of H-pyrrole nitrogens is 1. The van der Waals surface area contributed by atoms with Gasteiger partial charge in [0.15, 0.2) is 0 Å². The van der Waals surface area contributed by atoms with Crippen LogP contribution in [0.25, 0.3) is 22.8 Å². The van der Waals surface area contributed by atoms with Crippen LogP contribution in [0.5, 0.6) is 0 Å². The van der Waals surface area contributed by atoms with Crippen molar-refractivity contribution in [1.82, 2.24) is 30.2 Å². The second kappa shape index (κ2) is 10.3. The maximum absolute atomic E-state index is 14.9. The second-order valence-electron chi connectivity index (χ2n) is 8.43. The van der Waals surface area contributed by atoms with Gasteiger partial charge in [-0.25, -0.2) is 9.37 Å². The van der Waals surface area contributed by atoms with Crippen molar-refractivity contribution < 1.29 is 18.5 Å². The first kappa shape index (κ1) is 24.3. The molecule has 1 aromatic carbocycles. The van der Waals surface area contributed by atoms with E-state index >= 15 is 0 Å². The Morgan fingerprint density at radius 3 is 2.89 bits per heavy atom. The number of amides is 2. The number of carbonyl (C=O) groups excluding carboxylic acids is 2. The summed E-state index contributed by atoms with van der Waals surface area (Å²) < 4.78 is 20.3. The van der Waals surface area contributed by atoms with E-state index in [1.807, 2.05) is 0 Å². The predicted molar refractivity (Wildman–Crippen MR) is 133 cm³/mol. The van der Waals surface area contributed by atoms with Gasteiger partial charge in [-0.15, -0.1) is 0 Å². The van der Waals surface area contributed by atoms with Crippen molar-refractivity contribution in [3.8, 4) is 22.8 Å². The fourth-order valence-corrected chi connectivity index (χ4v) is 4.31. The zero-order valence-electron chi connectivity index (χ0n) is 19.4. The van der Waals surface area contributed by atoms with E-state index in [0.717, 1.165) is 12.8 Å². The third-order valence-corrected chi connectivity index (χ3v) is 6.29. The Morgan fingerprint density at radius 2 is 2.14 bits per heavy atom. The molecule has 4 heterocycles. The molecule has 0 spiro atoms. The maximum atomic E-state index is 14.9. The molecule has 1 aliphatic rings. The number of nitrogens with one attached hydrogen (secondary N) is 2. The quantitative estimate of drug-likeness (QED) is 0.358. The van der Waals surface area contributed by atoms with Gasteiger partial charge in [0, 0.05) is 18.7 Å². The van der Waals surface area contributed by atoms with E-state index in [1.54, 1.807) is 23.1 Å². The minimum atomic E-state index is -0.676. The average molecular weight is 522 g/mol. The topological polar surface area (TPSA) is 130 Å². The lowest BCUT2D eigenvalue weighted by Crippen LogP contribution is -2.38. The van der Waals surface area contributed by atoms with Crippen molar-refractivity contribution in [2.75, 3.05) is 18.4 Å². The van der Waals surface area contributed by atoms with Gasteiger partial charge in [-0.1, -0.05) is 29.4 Å². The van der Waals surface area contributed by atoms with Gasteiger partial charge in [0.1, 0.15) is 17.2 Å². The number of hydrogen-bond acceptors (Lipinski definition) is 7. The summed E-state index contributed by atoms with van der Waals surface area (Å²) in [6, 6.07) is 9.03. The molecular weight excluding hydrogens is 501 g/mol. The van der Waals surface area contributed by atoms with Crippen molar-refractivity contribution in [2.24, 2.45) is 0 Å². The molecule has 0 radical (unpaired) electrons. The predicted octanol–water partition coefficient (Wildman–Crippen LogP) is 4.46. The van der Waals surface area contributed by atoms with Gasteiger partial charge in [0.2, 0.25) is 17.6 Å². The van der Waals surface area contributed by atoms with E-state index in [0.29, 0.717) is 41.0 Å². The number of aromatic amines is 1. The van der Waals surface area contributed by atoms with Crippen LogP contribution in [0.1, 0.15) is 35.1 Å². The highest BCUT2D eigenvalue weighted by Crippen LogP contribution is 2.29. The molecule has 37 heavy (non-hydrogen) atoms. The number of benzene rings is 1. The summed E-state index contributed by atoms with van der Waals surface area (Å²) in [5, 5.41) is 13.4. The van der Waals surface area contributed by atoms with Crippen LogP contribution in [0.3, 0.4) is 0 Å². The fourth-order valence-electron chi connectivity index (χ4n) is 4.12. The standard InChI is InChI=1S/C25H21ClFN7O3/c1-2-21(35)34-10-4-5-15(13-34)25-31-23(33-37-25)14-8-9-18(17(27)11-14)30-24(36)20-7-3-6-19(29-20)22-16(26)12-28-32-22/h2-3,6-9,11-12,15H,1,4-5,10,13H2,(H,28,32)(H,30,36)/t15-/m0/s1. The van der Waals surface area contributed by atoms with E-state index in [2.05, 4.69) is 37.2 Å². The van der Waals surface area contributed by atoms with E-state index in [-0.39, 0.29) is 29.0 Å². The number of halogens is 2. The lowest BCUT2D eigenvalue weighted by Gasteiger charge is -2.30. The molecule has 0 aliphatic carbocycles. The third kappa shape index (κ3) is 5.12. The van der Waals surface area contributed by atoms with Crippen LogP contribution in [0.2, 0.25) is 5.02 Å². The Hall–Kier alpha value is -4.38. The van der Waals surface area contributed by atoms with Crippen molar-refractivity contribution in [1.29, 1.82) is 0 Å². The highest BCUT2D eigenvalue weighted by atomic mass is 35.5. The lowest BCUT2D eigenvalue weighted by molar-refractivity contribution is -0.127. The zero-order valence-corrected chi connectivity index (χ0v) is 20.2. The Labute approximate surface area is 215 Å². The van der Waals surface area contributed by atoms with Crippen molar-refractivity contribution in [2.45, 2.75) is 18.8 Å². The summed E-state index contributed by atoms with van der Waals surface area (Å²) in [7, 11) is 0. The first-order chi connectivity index (χ1) is 17.9. The molecule has 1 atom stereocenters. The smallest absolute Gasteiger partial charge is 0.274 e. The van der Waals surface area contributed by atoms with Gasteiger partial charge in [-0.2, -0.15) is 10.1 Å². The molecule has 1 fully saturated rings. The first-order valence-electron chi connectivity index (χ1n) is 11.5. The lowest BCUT2D eigenvalue weighted by atomic mass is 9.98. The largest absolute Gasteiger partial charge is 0.339 e. The molecular formula is C25H21ClFN7O3. The molecule has 3 aromatic heterocycles. The summed E-state index contributed by atoms with van der Waals surface area (Å²) in [4.78, 5) is 35.1. The van der Waals surface area contributed by atoms with E-state index in [9.17, 15) is 14.0 Å². The number of nitrogens with zero attached hydrogens (tertiary/aromatic N) is 5. The first-order valence-corrected chi connectivity index (χ1v) is 11.8.